The van der Waals surface area contributed by atoms with Crippen LogP contribution in [0, 0.1) is 0 Å². The van der Waals surface area contributed by atoms with E-state index < -0.39 is 6.61 Å². The maximum absolute atomic E-state index is 11.8. The van der Waals surface area contributed by atoms with Crippen LogP contribution in [0.15, 0.2) is 18.5 Å². The number of thiophene rings is 1. The van der Waals surface area contributed by atoms with Crippen LogP contribution in [0.3, 0.4) is 0 Å². The Morgan fingerprint density at radius 3 is 3.00 bits per heavy atom. The fourth-order valence-corrected chi connectivity index (χ4v) is 5.01. The van der Waals surface area contributed by atoms with Crippen LogP contribution in [0.2, 0.25) is 10.0 Å². The Bertz CT molecular complexity index is 937. The first-order valence-electron chi connectivity index (χ1n) is 7.40. The highest BCUT2D eigenvalue weighted by Gasteiger charge is 2.27. The van der Waals surface area contributed by atoms with Gasteiger partial charge in [-0.25, -0.2) is 0 Å². The molecule has 1 aliphatic heterocycles. The Hall–Kier alpha value is -1.60. The lowest BCUT2D eigenvalue weighted by Gasteiger charge is -2.26. The molecule has 1 aromatic carbocycles. The van der Waals surface area contributed by atoms with E-state index in [1.807, 2.05) is 12.3 Å². The van der Waals surface area contributed by atoms with Crippen LogP contribution < -0.4 is 0 Å². The second-order valence-electron chi connectivity index (χ2n) is 5.64. The van der Waals surface area contributed by atoms with Crippen LogP contribution in [0.5, 0.6) is 0 Å². The van der Waals surface area contributed by atoms with Gasteiger partial charge in [0.1, 0.15) is 6.61 Å². The zero-order valence-corrected chi connectivity index (χ0v) is 14.8. The first kappa shape index (κ1) is 15.9. The third-order valence-electron chi connectivity index (χ3n) is 4.30. The minimum absolute atomic E-state index is 0.253. The van der Waals surface area contributed by atoms with Gasteiger partial charge in [0.15, 0.2) is 0 Å². The summed E-state index contributed by atoms with van der Waals surface area (Å²) in [5.41, 5.74) is 3.15. The predicted octanol–water partition coefficient (Wildman–Crippen LogP) is 3.48. The highest BCUT2D eigenvalue weighted by molar-refractivity contribution is 7.20. The summed E-state index contributed by atoms with van der Waals surface area (Å²) < 4.78 is 0.934. The maximum atomic E-state index is 11.8. The summed E-state index contributed by atoms with van der Waals surface area (Å²) >= 11 is 14.3. The van der Waals surface area contributed by atoms with E-state index in [-0.39, 0.29) is 5.91 Å². The minimum atomic E-state index is -0.465. The lowest BCUT2D eigenvalue weighted by atomic mass is 9.97. The van der Waals surface area contributed by atoms with Crippen molar-refractivity contribution in [2.24, 2.45) is 0 Å². The maximum Gasteiger partial charge on any atom is 0.248 e. The van der Waals surface area contributed by atoms with E-state index in [0.29, 0.717) is 23.1 Å². The molecule has 124 valence electrons. The van der Waals surface area contributed by atoms with Gasteiger partial charge in [0.25, 0.3) is 0 Å². The molecule has 0 spiro atoms. The number of hydrogen-bond acceptors (Lipinski definition) is 4. The zero-order chi connectivity index (χ0) is 16.8. The number of carbonyl (C=O) groups excluding carboxylic acids is 1. The number of aromatic nitrogens is 2. The second kappa shape index (κ2) is 6.04. The number of nitrogens with one attached hydrogen (secondary N) is 1. The van der Waals surface area contributed by atoms with Crippen molar-refractivity contribution in [1.82, 2.24) is 15.1 Å². The van der Waals surface area contributed by atoms with Crippen LogP contribution in [-0.4, -0.2) is 39.3 Å². The van der Waals surface area contributed by atoms with E-state index in [0.717, 1.165) is 32.5 Å². The van der Waals surface area contributed by atoms with Gasteiger partial charge in [-0.15, -0.1) is 11.3 Å². The number of carbonyl (C=O) groups is 1. The van der Waals surface area contributed by atoms with Gasteiger partial charge >= 0.3 is 0 Å². The van der Waals surface area contributed by atoms with Crippen LogP contribution >= 0.6 is 34.5 Å². The number of aromatic amines is 1. The van der Waals surface area contributed by atoms with E-state index in [1.165, 1.54) is 5.56 Å². The number of aliphatic hydroxyl groups excluding tert-OH is 1. The average Bonchev–Trinajstić information content (AvgIpc) is 3.24. The van der Waals surface area contributed by atoms with Gasteiger partial charge in [0, 0.05) is 28.6 Å². The molecule has 1 aliphatic rings. The second-order valence-corrected chi connectivity index (χ2v) is 7.53. The fraction of sp³-hybridized carbons (Fsp3) is 0.250. The quantitative estimate of drug-likeness (QED) is 0.713. The first-order valence-corrected chi connectivity index (χ1v) is 8.97. The van der Waals surface area contributed by atoms with E-state index in [9.17, 15) is 4.79 Å². The molecule has 3 heterocycles. The predicted molar refractivity (Wildman–Crippen MR) is 95.6 cm³/mol. The van der Waals surface area contributed by atoms with Crippen molar-refractivity contribution >= 4 is 50.5 Å². The Kier molecular flexibility index (Phi) is 4.00. The molecule has 5 nitrogen and oxygen atoms in total. The van der Waals surface area contributed by atoms with Gasteiger partial charge in [-0.05, 0) is 23.6 Å². The molecular formula is C16H13Cl2N3O2S. The minimum Gasteiger partial charge on any atom is -0.387 e. The molecule has 0 bridgehead atoms. The van der Waals surface area contributed by atoms with Gasteiger partial charge in [-0.3, -0.25) is 9.89 Å². The third-order valence-corrected chi connectivity index (χ3v) is 6.44. The normalized spacial score (nSPS) is 14.2. The molecule has 0 unspecified atom stereocenters. The molecular weight excluding hydrogens is 369 g/mol. The van der Waals surface area contributed by atoms with E-state index in [2.05, 4.69) is 10.2 Å². The number of rotatable bonds is 2. The van der Waals surface area contributed by atoms with Crippen molar-refractivity contribution in [3.63, 3.8) is 0 Å². The van der Waals surface area contributed by atoms with Crippen LogP contribution in [0.4, 0.5) is 0 Å². The van der Waals surface area contributed by atoms with Crippen molar-refractivity contribution < 1.29 is 9.90 Å². The molecule has 0 fully saturated rings. The summed E-state index contributed by atoms with van der Waals surface area (Å²) in [7, 11) is 0. The van der Waals surface area contributed by atoms with Crippen molar-refractivity contribution in [2.45, 2.75) is 13.0 Å². The molecule has 24 heavy (non-hydrogen) atoms. The topological polar surface area (TPSA) is 69.2 Å². The molecule has 2 N–H and O–H groups in total. The largest absolute Gasteiger partial charge is 0.387 e. The molecule has 0 aliphatic carbocycles. The number of hydrogen-bond donors (Lipinski definition) is 2. The van der Waals surface area contributed by atoms with E-state index in [4.69, 9.17) is 28.3 Å². The number of aliphatic hydroxyl groups is 1. The first-order chi connectivity index (χ1) is 11.6. The summed E-state index contributed by atoms with van der Waals surface area (Å²) in [6.07, 6.45) is 4.31. The number of nitrogens with zero attached hydrogens (tertiary/aromatic N) is 2. The van der Waals surface area contributed by atoms with Crippen molar-refractivity contribution in [3.05, 3.63) is 38.9 Å². The van der Waals surface area contributed by atoms with Gasteiger partial charge in [-0.1, -0.05) is 23.2 Å². The number of H-pyrrole nitrogens is 1. The van der Waals surface area contributed by atoms with Crippen molar-refractivity contribution in [3.8, 4) is 11.1 Å². The van der Waals surface area contributed by atoms with Crippen LogP contribution in [-0.2, 0) is 17.8 Å². The van der Waals surface area contributed by atoms with Crippen LogP contribution in [0.25, 0.3) is 21.2 Å². The Morgan fingerprint density at radius 1 is 1.46 bits per heavy atom. The Balaban J connectivity index is 1.93. The number of halogens is 2. The van der Waals surface area contributed by atoms with Gasteiger partial charge in [0.05, 0.1) is 27.5 Å². The molecule has 4 rings (SSSR count). The number of benzene rings is 1. The SMILES string of the molecule is O=C(CO)N1CCc2c(sc3c(Cl)c(Cl)cc(-c4cn[nH]c4)c23)C1. The summed E-state index contributed by atoms with van der Waals surface area (Å²) in [5.74, 6) is -0.253. The standard InChI is InChI=1S/C16H13Cl2N3O2S/c17-11-3-10(8-4-19-20-5-8)14-9-1-2-21(13(23)7-22)6-12(9)24-16(14)15(11)18/h3-5,22H,1-2,6-7H2,(H,19,20). The third kappa shape index (κ3) is 2.41. The lowest BCUT2D eigenvalue weighted by Crippen LogP contribution is -2.37. The molecule has 0 saturated heterocycles. The summed E-state index contributed by atoms with van der Waals surface area (Å²) in [6.45, 7) is 0.614. The molecule has 0 atom stereocenters. The molecule has 0 radical (unpaired) electrons. The van der Waals surface area contributed by atoms with Crippen LogP contribution in [0.1, 0.15) is 10.4 Å². The smallest absolute Gasteiger partial charge is 0.248 e. The van der Waals surface area contributed by atoms with Crippen molar-refractivity contribution in [1.29, 1.82) is 0 Å². The van der Waals surface area contributed by atoms with E-state index >= 15 is 0 Å². The Morgan fingerprint density at radius 2 is 2.29 bits per heavy atom. The highest BCUT2D eigenvalue weighted by atomic mass is 35.5. The molecule has 0 saturated carbocycles. The monoisotopic (exact) mass is 381 g/mol. The fourth-order valence-electron chi connectivity index (χ4n) is 3.15. The number of fused-ring (bicyclic) bond motifs is 3. The average molecular weight is 382 g/mol. The molecule has 8 heteroatoms. The zero-order valence-electron chi connectivity index (χ0n) is 12.5. The summed E-state index contributed by atoms with van der Waals surface area (Å²) in [5, 5.41) is 18.1. The summed E-state index contributed by atoms with van der Waals surface area (Å²) in [6, 6.07) is 1.87. The molecule has 2 aromatic heterocycles. The Labute approximate surface area is 151 Å². The van der Waals surface area contributed by atoms with Gasteiger partial charge < -0.3 is 10.0 Å². The summed E-state index contributed by atoms with van der Waals surface area (Å²) in [4.78, 5) is 14.5. The van der Waals surface area contributed by atoms with Gasteiger partial charge in [0.2, 0.25) is 5.91 Å². The van der Waals surface area contributed by atoms with Gasteiger partial charge in [-0.2, -0.15) is 5.10 Å². The molecule has 1 amide bonds. The number of amides is 1. The van der Waals surface area contributed by atoms with Crippen molar-refractivity contribution in [2.75, 3.05) is 13.2 Å². The molecule has 3 aromatic rings. The highest BCUT2D eigenvalue weighted by Crippen LogP contribution is 2.46. The van der Waals surface area contributed by atoms with E-state index in [1.54, 1.807) is 22.4 Å². The lowest BCUT2D eigenvalue weighted by molar-refractivity contribution is -0.135.